The molecular weight excluding hydrogens is 330 g/mol. The van der Waals surface area contributed by atoms with Crippen molar-refractivity contribution in [2.24, 2.45) is 0 Å². The molecule has 0 fully saturated rings. The molecule has 0 unspecified atom stereocenters. The Morgan fingerprint density at radius 2 is 2.00 bits per heavy atom. The Morgan fingerprint density at radius 1 is 1.23 bits per heavy atom. The molecule has 1 aliphatic rings. The summed E-state index contributed by atoms with van der Waals surface area (Å²) in [5.41, 5.74) is 2.38. The van der Waals surface area contributed by atoms with E-state index in [2.05, 4.69) is 15.4 Å². The number of nitrogens with one attached hydrogen (secondary N) is 1. The van der Waals surface area contributed by atoms with Crippen LogP contribution in [-0.2, 0) is 24.2 Å². The third-order valence-corrected chi connectivity index (χ3v) is 4.58. The second-order valence-electron chi connectivity index (χ2n) is 6.91. The molecule has 0 bridgehead atoms. The van der Waals surface area contributed by atoms with Crippen LogP contribution in [0.5, 0.6) is 0 Å². The Morgan fingerprint density at radius 3 is 2.73 bits per heavy atom. The van der Waals surface area contributed by atoms with E-state index < -0.39 is 0 Å². The minimum absolute atomic E-state index is 0.0590. The Hall–Kier alpha value is -2.96. The van der Waals surface area contributed by atoms with Gasteiger partial charge in [0.05, 0.1) is 0 Å². The molecule has 2 aromatic heterocycles. The molecule has 4 rings (SSSR count). The molecular formula is C19H21N5O2. The van der Waals surface area contributed by atoms with Crippen molar-refractivity contribution in [2.45, 2.75) is 45.7 Å². The van der Waals surface area contributed by atoms with Crippen LogP contribution >= 0.6 is 0 Å². The first-order valence-electron chi connectivity index (χ1n) is 8.90. The lowest BCUT2D eigenvalue weighted by atomic mass is 10.2. The van der Waals surface area contributed by atoms with E-state index in [0.717, 1.165) is 36.1 Å². The van der Waals surface area contributed by atoms with Gasteiger partial charge in [0, 0.05) is 22.9 Å². The lowest BCUT2D eigenvalue weighted by Gasteiger charge is -2.14. The first kappa shape index (κ1) is 16.5. The molecule has 0 atom stereocenters. The first-order valence-corrected chi connectivity index (χ1v) is 8.90. The van der Waals surface area contributed by atoms with Gasteiger partial charge in [-0.2, -0.15) is 9.50 Å². The zero-order chi connectivity index (χ0) is 18.3. The number of benzene rings is 1. The van der Waals surface area contributed by atoms with Gasteiger partial charge in [-0.25, -0.2) is 0 Å². The number of rotatable bonds is 4. The van der Waals surface area contributed by atoms with Crippen molar-refractivity contribution in [3.63, 3.8) is 0 Å². The lowest BCUT2D eigenvalue weighted by molar-refractivity contribution is -0.122. The minimum atomic E-state index is -0.123. The maximum atomic E-state index is 12.8. The van der Waals surface area contributed by atoms with Gasteiger partial charge in [-0.05, 0) is 33.1 Å². The summed E-state index contributed by atoms with van der Waals surface area (Å²) >= 11 is 0. The topological polar surface area (TPSA) is 81.3 Å². The van der Waals surface area contributed by atoms with Gasteiger partial charge in [0.25, 0.3) is 5.56 Å². The molecule has 3 aromatic rings. The van der Waals surface area contributed by atoms with E-state index in [9.17, 15) is 9.59 Å². The van der Waals surface area contributed by atoms with Crippen LogP contribution in [-0.4, -0.2) is 31.1 Å². The molecule has 2 heterocycles. The summed E-state index contributed by atoms with van der Waals surface area (Å²) < 4.78 is 3.19. The van der Waals surface area contributed by atoms with Gasteiger partial charge in [-0.15, -0.1) is 5.10 Å². The quantitative estimate of drug-likeness (QED) is 0.774. The number of aromatic nitrogens is 4. The van der Waals surface area contributed by atoms with E-state index in [0.29, 0.717) is 11.6 Å². The molecule has 7 nitrogen and oxygen atoms in total. The molecule has 0 saturated carbocycles. The first-order chi connectivity index (χ1) is 12.5. The van der Waals surface area contributed by atoms with Crippen molar-refractivity contribution in [2.75, 3.05) is 0 Å². The zero-order valence-corrected chi connectivity index (χ0v) is 14.9. The molecule has 1 N–H and O–H groups in total. The van der Waals surface area contributed by atoms with Gasteiger partial charge in [0.2, 0.25) is 11.7 Å². The summed E-state index contributed by atoms with van der Waals surface area (Å²) in [6.07, 6.45) is 2.41. The number of nitrogens with zero attached hydrogens (tertiary/aromatic N) is 4. The van der Waals surface area contributed by atoms with Crippen LogP contribution in [0.15, 0.2) is 35.1 Å². The van der Waals surface area contributed by atoms with Gasteiger partial charge < -0.3 is 9.88 Å². The molecule has 0 radical (unpaired) electrons. The van der Waals surface area contributed by atoms with Crippen molar-refractivity contribution in [3.8, 4) is 11.4 Å². The number of carbonyl (C=O) groups excluding carboxylic acids is 1. The molecule has 26 heavy (non-hydrogen) atoms. The highest BCUT2D eigenvalue weighted by Gasteiger charge is 2.25. The van der Waals surface area contributed by atoms with Crippen LogP contribution in [0.1, 0.15) is 31.5 Å². The molecule has 0 saturated heterocycles. The molecule has 1 aliphatic carbocycles. The number of carbonyl (C=O) groups is 1. The average molecular weight is 351 g/mol. The number of fused-ring (bicyclic) bond motifs is 2. The van der Waals surface area contributed by atoms with Crippen LogP contribution in [0.3, 0.4) is 0 Å². The predicted octanol–water partition coefficient (Wildman–Crippen LogP) is 1.57. The Bertz CT molecular complexity index is 1030. The largest absolute Gasteiger partial charge is 0.352 e. The van der Waals surface area contributed by atoms with Gasteiger partial charge >= 0.3 is 0 Å². The van der Waals surface area contributed by atoms with Crippen molar-refractivity contribution in [1.82, 2.24) is 24.5 Å². The summed E-state index contributed by atoms with van der Waals surface area (Å²) in [6.45, 7) is 3.99. The molecule has 0 spiro atoms. The SMILES string of the molecule is CC(C)NC(=O)Cn1c2c(c(=O)n3nc(-c4ccccc4)nc13)CCC2. The van der Waals surface area contributed by atoms with Crippen molar-refractivity contribution < 1.29 is 4.79 Å². The summed E-state index contributed by atoms with van der Waals surface area (Å²) in [7, 11) is 0. The summed E-state index contributed by atoms with van der Waals surface area (Å²) in [5.74, 6) is 0.821. The van der Waals surface area contributed by atoms with Gasteiger partial charge in [-0.1, -0.05) is 30.3 Å². The maximum absolute atomic E-state index is 12.8. The van der Waals surface area contributed by atoms with E-state index in [-0.39, 0.29) is 24.1 Å². The van der Waals surface area contributed by atoms with E-state index in [1.165, 1.54) is 4.52 Å². The standard InChI is InChI=1S/C19H21N5O2/c1-12(2)20-16(25)11-23-15-10-6-9-14(15)18(26)24-19(23)21-17(22-24)13-7-4-3-5-8-13/h3-5,7-8,12H,6,9-11H2,1-2H3,(H,20,25). The molecule has 134 valence electrons. The van der Waals surface area contributed by atoms with E-state index in [1.54, 1.807) is 0 Å². The number of amides is 1. The van der Waals surface area contributed by atoms with Crippen LogP contribution in [0, 0.1) is 0 Å². The van der Waals surface area contributed by atoms with Gasteiger partial charge in [-0.3, -0.25) is 9.59 Å². The molecule has 7 heteroatoms. The predicted molar refractivity (Wildman–Crippen MR) is 98.0 cm³/mol. The highest BCUT2D eigenvalue weighted by atomic mass is 16.2. The normalized spacial score (nSPS) is 13.3. The van der Waals surface area contributed by atoms with E-state index in [4.69, 9.17) is 0 Å². The van der Waals surface area contributed by atoms with E-state index >= 15 is 0 Å². The zero-order valence-electron chi connectivity index (χ0n) is 14.9. The molecule has 1 amide bonds. The van der Waals surface area contributed by atoms with Crippen LogP contribution < -0.4 is 10.9 Å². The second kappa shape index (κ2) is 6.40. The summed E-state index contributed by atoms with van der Waals surface area (Å²) in [5, 5.41) is 7.33. The van der Waals surface area contributed by atoms with Gasteiger partial charge in [0.15, 0.2) is 5.82 Å². The Balaban J connectivity index is 1.89. The van der Waals surface area contributed by atoms with Gasteiger partial charge in [0.1, 0.15) is 6.54 Å². The maximum Gasteiger partial charge on any atom is 0.279 e. The number of hydrogen-bond donors (Lipinski definition) is 1. The summed E-state index contributed by atoms with van der Waals surface area (Å²) in [6, 6.07) is 9.60. The summed E-state index contributed by atoms with van der Waals surface area (Å²) in [4.78, 5) is 29.8. The lowest BCUT2D eigenvalue weighted by Crippen LogP contribution is -2.35. The third kappa shape index (κ3) is 2.79. The number of hydrogen-bond acceptors (Lipinski definition) is 4. The van der Waals surface area contributed by atoms with Crippen LogP contribution in [0.25, 0.3) is 17.2 Å². The highest BCUT2D eigenvalue weighted by Crippen LogP contribution is 2.22. The molecule has 0 aliphatic heterocycles. The van der Waals surface area contributed by atoms with Crippen LogP contribution in [0.4, 0.5) is 0 Å². The molecule has 1 aromatic carbocycles. The third-order valence-electron chi connectivity index (χ3n) is 4.58. The minimum Gasteiger partial charge on any atom is -0.352 e. The Kier molecular flexibility index (Phi) is 4.06. The van der Waals surface area contributed by atoms with Crippen molar-refractivity contribution in [1.29, 1.82) is 0 Å². The fourth-order valence-electron chi connectivity index (χ4n) is 3.51. The fraction of sp³-hybridized carbons (Fsp3) is 0.368. The highest BCUT2D eigenvalue weighted by molar-refractivity contribution is 5.76. The average Bonchev–Trinajstić information content (AvgIpc) is 3.26. The fourth-order valence-corrected chi connectivity index (χ4v) is 3.51. The second-order valence-corrected chi connectivity index (χ2v) is 6.91. The smallest absolute Gasteiger partial charge is 0.279 e. The van der Waals surface area contributed by atoms with E-state index in [1.807, 2.05) is 48.7 Å². The van der Waals surface area contributed by atoms with Crippen LogP contribution in [0.2, 0.25) is 0 Å². The monoisotopic (exact) mass is 351 g/mol. The Labute approximate surface area is 150 Å². The van der Waals surface area contributed by atoms with Crippen molar-refractivity contribution >= 4 is 11.7 Å². The van der Waals surface area contributed by atoms with Crippen molar-refractivity contribution in [3.05, 3.63) is 51.9 Å².